The van der Waals surface area contributed by atoms with E-state index in [2.05, 4.69) is 55.0 Å². The van der Waals surface area contributed by atoms with E-state index in [0.29, 0.717) is 29.6 Å². The van der Waals surface area contributed by atoms with Crippen LogP contribution in [0.4, 0.5) is 0 Å². The van der Waals surface area contributed by atoms with Gasteiger partial charge in [0.05, 0.1) is 0 Å². The summed E-state index contributed by atoms with van der Waals surface area (Å²) in [7, 11) is 0. The molecule has 4 nitrogen and oxygen atoms in total. The Hall–Kier alpha value is -1.32. The van der Waals surface area contributed by atoms with Crippen LogP contribution in [-0.4, -0.2) is 23.1 Å². The van der Waals surface area contributed by atoms with Gasteiger partial charge in [-0.05, 0) is 128 Å². The van der Waals surface area contributed by atoms with Gasteiger partial charge in [0.1, 0.15) is 11.5 Å². The lowest BCUT2D eigenvalue weighted by Gasteiger charge is -2.76. The molecule has 214 valence electrons. The Kier molecular flexibility index (Phi) is 6.03. The van der Waals surface area contributed by atoms with E-state index in [-0.39, 0.29) is 27.6 Å². The lowest BCUT2D eigenvalue weighted by Crippen LogP contribution is -2.72. The van der Waals surface area contributed by atoms with E-state index in [1.165, 1.54) is 51.0 Å². The summed E-state index contributed by atoms with van der Waals surface area (Å²) in [5.41, 5.74) is 0.727. The number of carboxylic acid groups (broad SMARTS) is 1. The fourth-order valence-electron chi connectivity index (χ4n) is 12.8. The zero-order valence-electron chi connectivity index (χ0n) is 25.8. The van der Waals surface area contributed by atoms with Gasteiger partial charge in [0.15, 0.2) is 0 Å². The molecule has 0 heterocycles. The van der Waals surface area contributed by atoms with E-state index in [1.807, 2.05) is 6.92 Å². The Morgan fingerprint density at radius 3 is 1.89 bits per heavy atom. The van der Waals surface area contributed by atoms with Crippen LogP contribution in [0.5, 0.6) is 0 Å². The summed E-state index contributed by atoms with van der Waals surface area (Å²) < 4.78 is 5.77. The SMILES string of the molecule is C=C(C)C1CCC2(C)CCC3(C)C(CCC4C3(C)CCC3(C)C4(C)CCC(OC(C)=O)C3(C)C(=O)O)C12C. The van der Waals surface area contributed by atoms with Crippen LogP contribution in [0.1, 0.15) is 127 Å². The van der Waals surface area contributed by atoms with E-state index in [0.717, 1.165) is 19.3 Å². The van der Waals surface area contributed by atoms with Crippen molar-refractivity contribution >= 4 is 11.9 Å². The molecule has 0 saturated heterocycles. The van der Waals surface area contributed by atoms with E-state index in [4.69, 9.17) is 4.74 Å². The van der Waals surface area contributed by atoms with Gasteiger partial charge in [-0.25, -0.2) is 0 Å². The van der Waals surface area contributed by atoms with Gasteiger partial charge in [0.2, 0.25) is 0 Å². The molecule has 0 spiro atoms. The zero-order chi connectivity index (χ0) is 28.3. The Morgan fingerprint density at radius 2 is 1.32 bits per heavy atom. The van der Waals surface area contributed by atoms with Gasteiger partial charge in [-0.3, -0.25) is 9.59 Å². The number of rotatable bonds is 3. The summed E-state index contributed by atoms with van der Waals surface area (Å²) in [4.78, 5) is 25.1. The number of esters is 1. The second-order valence-corrected chi connectivity index (χ2v) is 16.2. The molecule has 0 aromatic rings. The average molecular weight is 527 g/mol. The summed E-state index contributed by atoms with van der Waals surface area (Å²) in [5, 5.41) is 10.7. The number of aliphatic carboxylic acids is 1. The minimum absolute atomic E-state index is 0.122. The quantitative estimate of drug-likeness (QED) is 0.296. The molecular weight excluding hydrogens is 472 g/mol. The molecule has 0 aliphatic heterocycles. The van der Waals surface area contributed by atoms with Gasteiger partial charge in [-0.2, -0.15) is 0 Å². The fraction of sp³-hybridized carbons (Fsp3) is 0.882. The Balaban J connectivity index is 1.60. The minimum atomic E-state index is -1.10. The highest BCUT2D eigenvalue weighted by atomic mass is 16.5. The highest BCUT2D eigenvalue weighted by Crippen LogP contribution is 2.82. The molecule has 5 fully saturated rings. The molecule has 5 aliphatic carbocycles. The molecule has 1 N–H and O–H groups in total. The molecule has 0 aromatic carbocycles. The molecule has 11 atom stereocenters. The van der Waals surface area contributed by atoms with Crippen LogP contribution in [0.3, 0.4) is 0 Å². The predicted octanol–water partition coefficient (Wildman–Crippen LogP) is 8.44. The van der Waals surface area contributed by atoms with Crippen molar-refractivity contribution in [3.8, 4) is 0 Å². The van der Waals surface area contributed by atoms with Crippen LogP contribution >= 0.6 is 0 Å². The first-order valence-corrected chi connectivity index (χ1v) is 15.5. The smallest absolute Gasteiger partial charge is 0.313 e. The molecule has 4 heteroatoms. The monoisotopic (exact) mass is 526 g/mol. The van der Waals surface area contributed by atoms with Gasteiger partial charge in [0.25, 0.3) is 0 Å². The maximum atomic E-state index is 13.1. The second-order valence-electron chi connectivity index (χ2n) is 16.2. The number of carboxylic acids is 1. The van der Waals surface area contributed by atoms with Crippen LogP contribution in [-0.2, 0) is 14.3 Å². The summed E-state index contributed by atoms with van der Waals surface area (Å²) in [6, 6.07) is 0. The molecule has 0 amide bonds. The van der Waals surface area contributed by atoms with Crippen LogP contribution in [0.15, 0.2) is 12.2 Å². The largest absolute Gasteiger partial charge is 0.481 e. The van der Waals surface area contributed by atoms with Crippen molar-refractivity contribution in [1.29, 1.82) is 0 Å². The molecule has 5 rings (SSSR count). The lowest BCUT2D eigenvalue weighted by atomic mass is 9.28. The van der Waals surface area contributed by atoms with Crippen molar-refractivity contribution in [3.63, 3.8) is 0 Å². The highest BCUT2D eigenvalue weighted by molar-refractivity contribution is 5.78. The first-order chi connectivity index (χ1) is 17.4. The number of carbonyl (C=O) groups is 2. The van der Waals surface area contributed by atoms with E-state index >= 15 is 0 Å². The van der Waals surface area contributed by atoms with Gasteiger partial charge in [0, 0.05) is 6.92 Å². The van der Waals surface area contributed by atoms with Crippen LogP contribution in [0.25, 0.3) is 0 Å². The van der Waals surface area contributed by atoms with Gasteiger partial charge in [-0.15, -0.1) is 0 Å². The number of carbonyl (C=O) groups excluding carboxylic acids is 1. The number of allylic oxidation sites excluding steroid dienone is 1. The van der Waals surface area contributed by atoms with Crippen LogP contribution in [0.2, 0.25) is 0 Å². The zero-order valence-corrected chi connectivity index (χ0v) is 25.8. The van der Waals surface area contributed by atoms with Crippen molar-refractivity contribution in [3.05, 3.63) is 12.2 Å². The molecule has 0 aromatic heterocycles. The molecule has 0 radical (unpaired) electrons. The summed E-state index contributed by atoms with van der Waals surface area (Å²) >= 11 is 0. The second kappa shape index (κ2) is 8.12. The minimum Gasteiger partial charge on any atom is -0.481 e. The Bertz CT molecular complexity index is 1060. The normalized spacial score (nSPS) is 55.6. The van der Waals surface area contributed by atoms with Gasteiger partial charge in [-0.1, -0.05) is 53.7 Å². The van der Waals surface area contributed by atoms with E-state index < -0.39 is 22.9 Å². The molecular formula is C34H54O4. The first-order valence-electron chi connectivity index (χ1n) is 15.5. The van der Waals surface area contributed by atoms with Crippen molar-refractivity contribution in [2.45, 2.75) is 133 Å². The summed E-state index contributed by atoms with van der Waals surface area (Å²) in [5.74, 6) is 0.540. The number of hydrogen-bond donors (Lipinski definition) is 1. The van der Waals surface area contributed by atoms with E-state index in [9.17, 15) is 14.7 Å². The van der Waals surface area contributed by atoms with Crippen molar-refractivity contribution in [2.24, 2.45) is 55.7 Å². The standard InChI is InChI=1S/C34H54O4/c1-21(2)23-13-15-28(4)17-18-30(6)25(33(23,28)9)12-11-24-29(30,5)19-20-32(8)31(24,7)16-14-26(38-22(3)35)34(32,10)27(36)37/h23-26H,1,11-20H2,2-10H3,(H,36,37). The highest BCUT2D eigenvalue weighted by Gasteiger charge is 2.77. The van der Waals surface area contributed by atoms with Crippen molar-refractivity contribution in [1.82, 2.24) is 0 Å². The Labute approximate surface area is 231 Å². The number of fused-ring (bicyclic) bond motifs is 7. The van der Waals surface area contributed by atoms with E-state index in [1.54, 1.807) is 0 Å². The fourth-order valence-corrected chi connectivity index (χ4v) is 12.8. The van der Waals surface area contributed by atoms with Gasteiger partial charge < -0.3 is 9.84 Å². The van der Waals surface area contributed by atoms with Crippen molar-refractivity contribution in [2.75, 3.05) is 0 Å². The maximum Gasteiger partial charge on any atom is 0.313 e. The molecule has 38 heavy (non-hydrogen) atoms. The third-order valence-corrected chi connectivity index (χ3v) is 15.8. The molecule has 5 aliphatic rings. The van der Waals surface area contributed by atoms with Crippen LogP contribution < -0.4 is 0 Å². The third-order valence-electron chi connectivity index (χ3n) is 15.8. The van der Waals surface area contributed by atoms with Gasteiger partial charge >= 0.3 is 11.9 Å². The summed E-state index contributed by atoms with van der Waals surface area (Å²) in [6.07, 6.45) is 10.5. The Morgan fingerprint density at radius 1 is 0.737 bits per heavy atom. The predicted molar refractivity (Wildman–Crippen MR) is 151 cm³/mol. The average Bonchev–Trinajstić information content (AvgIpc) is 3.10. The first kappa shape index (κ1) is 28.2. The summed E-state index contributed by atoms with van der Waals surface area (Å²) in [6.45, 7) is 25.2. The van der Waals surface area contributed by atoms with Crippen molar-refractivity contribution < 1.29 is 19.4 Å². The molecule has 0 bridgehead atoms. The lowest BCUT2D eigenvalue weighted by molar-refractivity contribution is -0.291. The third kappa shape index (κ3) is 2.94. The molecule has 11 unspecified atom stereocenters. The number of ether oxygens (including phenoxy) is 1. The molecule has 5 saturated carbocycles. The number of hydrogen-bond acceptors (Lipinski definition) is 3. The topological polar surface area (TPSA) is 63.6 Å². The van der Waals surface area contributed by atoms with Crippen LogP contribution in [0, 0.1) is 55.7 Å². The maximum absolute atomic E-state index is 13.1.